The van der Waals surface area contributed by atoms with E-state index < -0.39 is 10.8 Å². The topological polar surface area (TPSA) is 105 Å². The van der Waals surface area contributed by atoms with E-state index in [0.29, 0.717) is 29.1 Å². The lowest BCUT2D eigenvalue weighted by molar-refractivity contribution is -0.384. The van der Waals surface area contributed by atoms with Crippen LogP contribution in [-0.4, -0.2) is 33.9 Å². The Morgan fingerprint density at radius 2 is 1.83 bits per heavy atom. The Labute approximate surface area is 202 Å². The normalized spacial score (nSPS) is 18.4. The first-order valence-electron chi connectivity index (χ1n) is 11.5. The third kappa shape index (κ3) is 4.30. The van der Waals surface area contributed by atoms with E-state index in [4.69, 9.17) is 4.99 Å². The fourth-order valence-corrected chi connectivity index (χ4v) is 4.76. The van der Waals surface area contributed by atoms with E-state index in [1.807, 2.05) is 66.4 Å². The summed E-state index contributed by atoms with van der Waals surface area (Å²) in [6.07, 6.45) is 1.48. The van der Waals surface area contributed by atoms with Crippen LogP contribution in [-0.2, 0) is 9.59 Å². The average molecular weight is 469 g/mol. The number of rotatable bonds is 6. The molecule has 176 valence electrons. The fraction of sp³-hybridized carbons (Fsp3) is 0.222. The van der Waals surface area contributed by atoms with Crippen molar-refractivity contribution in [3.8, 4) is 0 Å². The summed E-state index contributed by atoms with van der Waals surface area (Å²) in [5.41, 5.74) is 3.94. The Balaban J connectivity index is 1.54. The van der Waals surface area contributed by atoms with Gasteiger partial charge in [-0.2, -0.15) is 0 Å². The first kappa shape index (κ1) is 22.5. The van der Waals surface area contributed by atoms with E-state index in [2.05, 4.69) is 5.32 Å². The zero-order chi connectivity index (χ0) is 24.5. The van der Waals surface area contributed by atoms with Crippen molar-refractivity contribution < 1.29 is 14.5 Å². The number of nitrogens with zero attached hydrogens (tertiary/aromatic N) is 3. The van der Waals surface area contributed by atoms with E-state index >= 15 is 0 Å². The minimum atomic E-state index is -0.784. The van der Waals surface area contributed by atoms with Crippen molar-refractivity contribution in [2.45, 2.75) is 31.7 Å². The van der Waals surface area contributed by atoms with Gasteiger partial charge in [-0.15, -0.1) is 0 Å². The molecule has 8 nitrogen and oxygen atoms in total. The highest BCUT2D eigenvalue weighted by Crippen LogP contribution is 2.38. The maximum Gasteiger partial charge on any atom is 0.269 e. The molecule has 0 radical (unpaired) electrons. The molecular formula is C27H24N4O4. The van der Waals surface area contributed by atoms with E-state index in [1.165, 1.54) is 12.1 Å². The second-order valence-electron chi connectivity index (χ2n) is 8.77. The SMILES string of the molecule is CC(c1ccc(N=C(c2ccccc2)C2C(=O)Nc3ccc([N+](=O)[O-])cc32)cc1)N1CCCC1=O. The van der Waals surface area contributed by atoms with Gasteiger partial charge in [0, 0.05) is 36.3 Å². The second-order valence-corrected chi connectivity index (χ2v) is 8.77. The van der Waals surface area contributed by atoms with Crippen molar-refractivity contribution in [3.05, 3.63) is 99.6 Å². The van der Waals surface area contributed by atoms with Gasteiger partial charge in [0.25, 0.3) is 5.69 Å². The minimum Gasteiger partial charge on any atom is -0.336 e. The lowest BCUT2D eigenvalue weighted by Gasteiger charge is -2.24. The van der Waals surface area contributed by atoms with Crippen LogP contribution in [0.4, 0.5) is 17.1 Å². The quantitative estimate of drug-likeness (QED) is 0.307. The van der Waals surface area contributed by atoms with E-state index in [1.54, 1.807) is 6.07 Å². The van der Waals surface area contributed by atoms with Gasteiger partial charge < -0.3 is 10.2 Å². The van der Waals surface area contributed by atoms with Crippen LogP contribution < -0.4 is 5.32 Å². The molecule has 2 heterocycles. The average Bonchev–Trinajstić information content (AvgIpc) is 3.44. The number of anilines is 1. The van der Waals surface area contributed by atoms with Crippen molar-refractivity contribution in [1.82, 2.24) is 4.90 Å². The summed E-state index contributed by atoms with van der Waals surface area (Å²) in [6, 6.07) is 21.4. The smallest absolute Gasteiger partial charge is 0.269 e. The van der Waals surface area contributed by atoms with Crippen molar-refractivity contribution >= 4 is 34.6 Å². The second kappa shape index (κ2) is 9.13. The molecule has 0 bridgehead atoms. The summed E-state index contributed by atoms with van der Waals surface area (Å²) in [5.74, 6) is -0.889. The molecule has 0 aliphatic carbocycles. The van der Waals surface area contributed by atoms with Gasteiger partial charge in [0.05, 0.1) is 22.4 Å². The van der Waals surface area contributed by atoms with Gasteiger partial charge in [0.2, 0.25) is 11.8 Å². The van der Waals surface area contributed by atoms with E-state index in [0.717, 1.165) is 24.1 Å². The Morgan fingerprint density at radius 3 is 2.49 bits per heavy atom. The molecule has 1 N–H and O–H groups in total. The highest BCUT2D eigenvalue weighted by Gasteiger charge is 2.36. The number of aliphatic imine (C=N–C) groups is 1. The lowest BCUT2D eigenvalue weighted by Crippen LogP contribution is -2.27. The number of nitrogens with one attached hydrogen (secondary N) is 1. The fourth-order valence-electron chi connectivity index (χ4n) is 4.76. The van der Waals surface area contributed by atoms with Crippen molar-refractivity contribution in [1.29, 1.82) is 0 Å². The van der Waals surface area contributed by atoms with E-state index in [-0.39, 0.29) is 23.5 Å². The first-order chi connectivity index (χ1) is 16.9. The van der Waals surface area contributed by atoms with Crippen LogP contribution >= 0.6 is 0 Å². The molecule has 2 aliphatic heterocycles. The molecule has 0 saturated carbocycles. The number of hydrogen-bond acceptors (Lipinski definition) is 5. The third-order valence-corrected chi connectivity index (χ3v) is 6.62. The summed E-state index contributed by atoms with van der Waals surface area (Å²) >= 11 is 0. The Hall–Kier alpha value is -4.33. The maximum absolute atomic E-state index is 13.0. The summed E-state index contributed by atoms with van der Waals surface area (Å²) < 4.78 is 0. The van der Waals surface area contributed by atoms with Crippen LogP contribution in [0, 0.1) is 10.1 Å². The van der Waals surface area contributed by atoms with Gasteiger partial charge in [0.1, 0.15) is 5.92 Å². The number of non-ortho nitro benzene ring substituents is 1. The van der Waals surface area contributed by atoms with Crippen LogP contribution in [0.15, 0.2) is 77.8 Å². The number of benzene rings is 3. The Kier molecular flexibility index (Phi) is 5.86. The lowest BCUT2D eigenvalue weighted by atomic mass is 9.90. The maximum atomic E-state index is 13.0. The van der Waals surface area contributed by atoms with Crippen LogP contribution in [0.5, 0.6) is 0 Å². The highest BCUT2D eigenvalue weighted by atomic mass is 16.6. The molecule has 1 fully saturated rings. The monoisotopic (exact) mass is 468 g/mol. The zero-order valence-corrected chi connectivity index (χ0v) is 19.2. The summed E-state index contributed by atoms with van der Waals surface area (Å²) in [7, 11) is 0. The Bertz CT molecular complexity index is 1340. The third-order valence-electron chi connectivity index (χ3n) is 6.62. The molecule has 2 unspecified atom stereocenters. The molecule has 2 aliphatic rings. The van der Waals surface area contributed by atoms with Gasteiger partial charge in [-0.05, 0) is 42.7 Å². The molecule has 2 atom stereocenters. The van der Waals surface area contributed by atoms with Crippen molar-refractivity contribution in [2.24, 2.45) is 4.99 Å². The van der Waals surface area contributed by atoms with Gasteiger partial charge in [0.15, 0.2) is 0 Å². The first-order valence-corrected chi connectivity index (χ1v) is 11.5. The predicted molar refractivity (Wildman–Crippen MR) is 133 cm³/mol. The van der Waals surface area contributed by atoms with Crippen molar-refractivity contribution in [2.75, 3.05) is 11.9 Å². The molecule has 2 amide bonds. The van der Waals surface area contributed by atoms with Crippen LogP contribution in [0.1, 0.15) is 48.4 Å². The van der Waals surface area contributed by atoms with E-state index in [9.17, 15) is 19.7 Å². The summed E-state index contributed by atoms with van der Waals surface area (Å²) in [5, 5.41) is 14.2. The van der Waals surface area contributed by atoms with Gasteiger partial charge in [-0.1, -0.05) is 42.5 Å². The summed E-state index contributed by atoms with van der Waals surface area (Å²) in [6.45, 7) is 2.78. The number of carbonyl (C=O) groups is 2. The number of fused-ring (bicyclic) bond motifs is 1. The van der Waals surface area contributed by atoms with Gasteiger partial charge in [-0.3, -0.25) is 24.7 Å². The molecule has 0 aromatic heterocycles. The number of carbonyl (C=O) groups excluding carboxylic acids is 2. The summed E-state index contributed by atoms with van der Waals surface area (Å²) in [4.78, 5) is 42.8. The number of likely N-dealkylation sites (tertiary alicyclic amines) is 1. The standard InChI is InChI=1S/C27H24N4O4/c1-17(30-15-5-8-24(30)32)18-9-11-20(12-10-18)28-26(19-6-3-2-4-7-19)25-22-16-21(31(34)35)13-14-23(22)29-27(25)33/h2-4,6-7,9-14,16-17,25H,5,8,15H2,1H3,(H,29,33). The van der Waals surface area contributed by atoms with Crippen LogP contribution in [0.3, 0.4) is 0 Å². The largest absolute Gasteiger partial charge is 0.336 e. The highest BCUT2D eigenvalue weighted by molar-refractivity contribution is 6.24. The molecule has 3 aromatic carbocycles. The number of nitro groups is 1. The van der Waals surface area contributed by atoms with Crippen LogP contribution in [0.25, 0.3) is 0 Å². The predicted octanol–water partition coefficient (Wildman–Crippen LogP) is 5.13. The molecule has 1 saturated heterocycles. The Morgan fingerprint density at radius 1 is 1.09 bits per heavy atom. The zero-order valence-electron chi connectivity index (χ0n) is 19.2. The van der Waals surface area contributed by atoms with Crippen LogP contribution in [0.2, 0.25) is 0 Å². The molecule has 3 aromatic rings. The molecule has 8 heteroatoms. The number of nitro benzene ring substituents is 1. The van der Waals surface area contributed by atoms with Gasteiger partial charge in [-0.25, -0.2) is 0 Å². The molecule has 35 heavy (non-hydrogen) atoms. The number of hydrogen-bond donors (Lipinski definition) is 1. The van der Waals surface area contributed by atoms with Crippen molar-refractivity contribution in [3.63, 3.8) is 0 Å². The van der Waals surface area contributed by atoms with Gasteiger partial charge >= 0.3 is 0 Å². The molecular weight excluding hydrogens is 444 g/mol. The molecule has 5 rings (SSSR count). The molecule has 0 spiro atoms. The minimum absolute atomic E-state index is 0.0235. The number of amides is 2.